The van der Waals surface area contributed by atoms with Gasteiger partial charge in [0.2, 0.25) is 11.8 Å². The molecule has 0 aliphatic heterocycles. The summed E-state index contributed by atoms with van der Waals surface area (Å²) in [4.78, 5) is 23.6. The van der Waals surface area contributed by atoms with Crippen LogP contribution in [0.25, 0.3) is 5.69 Å². The molecular formula is C21H23N5O3S. The van der Waals surface area contributed by atoms with Crippen molar-refractivity contribution in [3.63, 3.8) is 0 Å². The lowest BCUT2D eigenvalue weighted by molar-refractivity contribution is -0.118. The maximum Gasteiger partial charge on any atom is 0.230 e. The number of hydrogen-bond donors (Lipinski definition) is 2. The van der Waals surface area contributed by atoms with Crippen LogP contribution in [0, 0.1) is 6.92 Å². The summed E-state index contributed by atoms with van der Waals surface area (Å²) in [6.45, 7) is 3.72. The molecule has 1 heterocycles. The maximum atomic E-state index is 12.3. The highest BCUT2D eigenvalue weighted by Gasteiger charge is 2.14. The van der Waals surface area contributed by atoms with E-state index in [4.69, 9.17) is 4.74 Å². The fourth-order valence-corrected chi connectivity index (χ4v) is 3.65. The molecule has 0 saturated carbocycles. The van der Waals surface area contributed by atoms with E-state index < -0.39 is 0 Å². The summed E-state index contributed by atoms with van der Waals surface area (Å²) in [7, 11) is 1.61. The Morgan fingerprint density at radius 2 is 1.93 bits per heavy atom. The summed E-state index contributed by atoms with van der Waals surface area (Å²) in [5, 5.41) is 14.6. The molecule has 30 heavy (non-hydrogen) atoms. The highest BCUT2D eigenvalue weighted by molar-refractivity contribution is 7.99. The van der Waals surface area contributed by atoms with E-state index in [0.29, 0.717) is 23.2 Å². The Bertz CT molecular complexity index is 1050. The number of hydrogen-bond acceptors (Lipinski definition) is 6. The molecule has 0 radical (unpaired) electrons. The first-order chi connectivity index (χ1) is 14.5. The number of ether oxygens (including phenoxy) is 1. The summed E-state index contributed by atoms with van der Waals surface area (Å²) >= 11 is 1.30. The zero-order valence-corrected chi connectivity index (χ0v) is 17.8. The predicted molar refractivity (Wildman–Crippen MR) is 116 cm³/mol. The van der Waals surface area contributed by atoms with E-state index in [-0.39, 0.29) is 17.6 Å². The van der Waals surface area contributed by atoms with E-state index in [2.05, 4.69) is 20.8 Å². The van der Waals surface area contributed by atoms with Crippen molar-refractivity contribution in [1.82, 2.24) is 20.1 Å². The maximum absolute atomic E-state index is 12.3. The van der Waals surface area contributed by atoms with Crippen LogP contribution in [0.1, 0.15) is 18.3 Å². The molecule has 0 unspecified atom stereocenters. The SMILES string of the molecule is COc1cccc(CNC(=O)CSc2nnc(C)n2-c2cccc(NC(C)=O)c2)c1. The van der Waals surface area contributed by atoms with Gasteiger partial charge in [0.05, 0.1) is 18.6 Å². The number of amides is 2. The molecule has 8 nitrogen and oxygen atoms in total. The summed E-state index contributed by atoms with van der Waals surface area (Å²) in [6.07, 6.45) is 0. The minimum absolute atomic E-state index is 0.109. The Morgan fingerprint density at radius 3 is 2.70 bits per heavy atom. The lowest BCUT2D eigenvalue weighted by Gasteiger charge is -2.11. The van der Waals surface area contributed by atoms with Gasteiger partial charge in [0.1, 0.15) is 11.6 Å². The lowest BCUT2D eigenvalue weighted by Crippen LogP contribution is -2.24. The molecule has 0 fully saturated rings. The third kappa shape index (κ3) is 5.60. The Balaban J connectivity index is 1.64. The van der Waals surface area contributed by atoms with Gasteiger partial charge in [-0.15, -0.1) is 10.2 Å². The Morgan fingerprint density at radius 1 is 1.13 bits per heavy atom. The van der Waals surface area contributed by atoms with Gasteiger partial charge in [0, 0.05) is 19.2 Å². The highest BCUT2D eigenvalue weighted by atomic mass is 32.2. The second-order valence-corrected chi connectivity index (χ2v) is 7.46. The third-order valence-corrected chi connectivity index (χ3v) is 5.11. The molecule has 2 amide bonds. The molecule has 3 rings (SSSR count). The first-order valence-corrected chi connectivity index (χ1v) is 10.3. The van der Waals surface area contributed by atoms with Crippen LogP contribution in [0.2, 0.25) is 0 Å². The van der Waals surface area contributed by atoms with Gasteiger partial charge in [-0.2, -0.15) is 0 Å². The minimum atomic E-state index is -0.144. The number of thioether (sulfide) groups is 1. The topological polar surface area (TPSA) is 98.1 Å². The van der Waals surface area contributed by atoms with Gasteiger partial charge in [-0.25, -0.2) is 0 Å². The van der Waals surface area contributed by atoms with Gasteiger partial charge in [-0.1, -0.05) is 30.0 Å². The number of anilines is 1. The first-order valence-electron chi connectivity index (χ1n) is 9.28. The van der Waals surface area contributed by atoms with Gasteiger partial charge in [0.25, 0.3) is 0 Å². The Labute approximate surface area is 179 Å². The van der Waals surface area contributed by atoms with Gasteiger partial charge in [-0.05, 0) is 42.8 Å². The number of aryl methyl sites for hydroxylation is 1. The van der Waals surface area contributed by atoms with Crippen LogP contribution >= 0.6 is 11.8 Å². The fourth-order valence-electron chi connectivity index (χ4n) is 2.82. The van der Waals surface area contributed by atoms with Crippen LogP contribution in [0.3, 0.4) is 0 Å². The van der Waals surface area contributed by atoms with Crippen molar-refractivity contribution in [3.8, 4) is 11.4 Å². The Kier molecular flexibility index (Phi) is 7.08. The van der Waals surface area contributed by atoms with Gasteiger partial charge in [0.15, 0.2) is 5.16 Å². The summed E-state index contributed by atoms with van der Waals surface area (Å²) in [6, 6.07) is 14.9. The van der Waals surface area contributed by atoms with Crippen LogP contribution < -0.4 is 15.4 Å². The smallest absolute Gasteiger partial charge is 0.230 e. The number of rotatable bonds is 8. The lowest BCUT2D eigenvalue weighted by atomic mass is 10.2. The normalized spacial score (nSPS) is 10.5. The van der Waals surface area contributed by atoms with E-state index in [1.807, 2.05) is 60.0 Å². The number of benzene rings is 2. The molecule has 0 bridgehead atoms. The number of carbonyl (C=O) groups is 2. The molecule has 1 aromatic heterocycles. The van der Waals surface area contributed by atoms with Crippen molar-refractivity contribution >= 4 is 29.3 Å². The third-order valence-electron chi connectivity index (χ3n) is 4.18. The monoisotopic (exact) mass is 425 g/mol. The first kappa shape index (κ1) is 21.4. The summed E-state index contributed by atoms with van der Waals surface area (Å²) in [5.74, 6) is 1.39. The number of nitrogens with one attached hydrogen (secondary N) is 2. The molecule has 3 aromatic rings. The molecule has 156 valence electrons. The molecule has 0 aliphatic carbocycles. The largest absolute Gasteiger partial charge is 0.497 e. The average Bonchev–Trinajstić information content (AvgIpc) is 3.11. The average molecular weight is 426 g/mol. The van der Waals surface area contributed by atoms with E-state index >= 15 is 0 Å². The number of methoxy groups -OCH3 is 1. The number of aromatic nitrogens is 3. The zero-order chi connectivity index (χ0) is 21.5. The van der Waals surface area contributed by atoms with E-state index in [1.54, 1.807) is 7.11 Å². The van der Waals surface area contributed by atoms with Crippen LogP contribution in [0.4, 0.5) is 5.69 Å². The summed E-state index contributed by atoms with van der Waals surface area (Å²) in [5.41, 5.74) is 2.45. The van der Waals surface area contributed by atoms with Crippen molar-refractivity contribution in [1.29, 1.82) is 0 Å². The number of carbonyl (C=O) groups excluding carboxylic acids is 2. The molecule has 2 aromatic carbocycles. The van der Waals surface area contributed by atoms with Crippen molar-refractivity contribution < 1.29 is 14.3 Å². The molecule has 0 atom stereocenters. The molecular weight excluding hydrogens is 402 g/mol. The molecule has 2 N–H and O–H groups in total. The highest BCUT2D eigenvalue weighted by Crippen LogP contribution is 2.23. The second-order valence-electron chi connectivity index (χ2n) is 6.51. The number of nitrogens with zero attached hydrogens (tertiary/aromatic N) is 3. The van der Waals surface area contributed by atoms with Crippen molar-refractivity contribution in [2.24, 2.45) is 0 Å². The van der Waals surface area contributed by atoms with E-state index in [0.717, 1.165) is 17.0 Å². The van der Waals surface area contributed by atoms with Gasteiger partial charge < -0.3 is 15.4 Å². The molecule has 0 spiro atoms. The van der Waals surface area contributed by atoms with Gasteiger partial charge >= 0.3 is 0 Å². The molecule has 0 saturated heterocycles. The zero-order valence-electron chi connectivity index (χ0n) is 17.0. The van der Waals surface area contributed by atoms with E-state index in [9.17, 15) is 9.59 Å². The van der Waals surface area contributed by atoms with Crippen LogP contribution in [-0.2, 0) is 16.1 Å². The van der Waals surface area contributed by atoms with Crippen molar-refractivity contribution in [3.05, 3.63) is 59.9 Å². The second kappa shape index (κ2) is 9.93. The standard InChI is InChI=1S/C21H23N5O3S/c1-14-24-25-21(26(14)18-8-5-7-17(11-18)23-15(2)27)30-13-20(28)22-12-16-6-4-9-19(10-16)29-3/h4-11H,12-13H2,1-3H3,(H,22,28)(H,23,27). The van der Waals surface area contributed by atoms with Crippen molar-refractivity contribution in [2.45, 2.75) is 25.5 Å². The minimum Gasteiger partial charge on any atom is -0.497 e. The molecule has 0 aliphatic rings. The quantitative estimate of drug-likeness (QED) is 0.539. The van der Waals surface area contributed by atoms with Crippen LogP contribution in [0.15, 0.2) is 53.7 Å². The summed E-state index contributed by atoms with van der Waals surface area (Å²) < 4.78 is 7.05. The predicted octanol–water partition coefficient (Wildman–Crippen LogP) is 2.95. The van der Waals surface area contributed by atoms with E-state index in [1.165, 1.54) is 18.7 Å². The van der Waals surface area contributed by atoms with Crippen LogP contribution in [0.5, 0.6) is 5.75 Å². The molecule has 9 heteroatoms. The fraction of sp³-hybridized carbons (Fsp3) is 0.238. The van der Waals surface area contributed by atoms with Crippen LogP contribution in [-0.4, -0.2) is 39.4 Å². The Hall–Kier alpha value is -3.33. The van der Waals surface area contributed by atoms with Crippen molar-refractivity contribution in [2.75, 3.05) is 18.2 Å². The van der Waals surface area contributed by atoms with Gasteiger partial charge in [-0.3, -0.25) is 14.2 Å².